The summed E-state index contributed by atoms with van der Waals surface area (Å²) in [7, 11) is -3.75. The zero-order valence-corrected chi connectivity index (χ0v) is 16.3. The minimum absolute atomic E-state index is 0.0399. The van der Waals surface area contributed by atoms with E-state index in [2.05, 4.69) is 10.3 Å². The van der Waals surface area contributed by atoms with Crippen molar-refractivity contribution >= 4 is 55.4 Å². The van der Waals surface area contributed by atoms with Crippen molar-refractivity contribution in [1.82, 2.24) is 4.98 Å². The Bertz CT molecular complexity index is 1030. The van der Waals surface area contributed by atoms with Crippen molar-refractivity contribution in [2.24, 2.45) is 0 Å². The second-order valence-corrected chi connectivity index (χ2v) is 9.03. The number of carbonyl (C=O) groups is 1. The number of anilines is 1. The van der Waals surface area contributed by atoms with E-state index in [4.69, 9.17) is 23.2 Å². The summed E-state index contributed by atoms with van der Waals surface area (Å²) in [6.07, 6.45) is 0. The summed E-state index contributed by atoms with van der Waals surface area (Å²) >= 11 is 12.8. The first kappa shape index (κ1) is 18.8. The van der Waals surface area contributed by atoms with Gasteiger partial charge in [0.1, 0.15) is 5.75 Å². The number of aromatic nitrogens is 1. The van der Waals surface area contributed by atoms with E-state index in [1.165, 1.54) is 35.6 Å². The van der Waals surface area contributed by atoms with Crippen molar-refractivity contribution in [3.8, 4) is 11.3 Å². The zero-order valence-electron chi connectivity index (χ0n) is 13.1. The third-order valence-corrected chi connectivity index (χ3v) is 6.28. The van der Waals surface area contributed by atoms with Crippen LogP contribution in [0.25, 0.3) is 11.3 Å². The van der Waals surface area contributed by atoms with Crippen LogP contribution in [0.1, 0.15) is 0 Å². The van der Waals surface area contributed by atoms with Gasteiger partial charge in [0.25, 0.3) is 0 Å². The number of amides is 1. The smallest absolute Gasteiger partial charge is 0.241 e. The van der Waals surface area contributed by atoms with Crippen LogP contribution in [0.3, 0.4) is 0 Å². The fourth-order valence-electron chi connectivity index (χ4n) is 2.14. The lowest BCUT2D eigenvalue weighted by Gasteiger charge is -2.04. The lowest BCUT2D eigenvalue weighted by Crippen LogP contribution is -2.22. The van der Waals surface area contributed by atoms with E-state index in [1.54, 1.807) is 17.5 Å². The molecule has 0 saturated carbocycles. The van der Waals surface area contributed by atoms with Gasteiger partial charge in [-0.25, -0.2) is 13.4 Å². The Labute approximate surface area is 164 Å². The normalized spacial score (nSPS) is 11.3. The van der Waals surface area contributed by atoms with Gasteiger partial charge in [0.05, 0.1) is 10.6 Å². The average Bonchev–Trinajstić information content (AvgIpc) is 3.03. The molecule has 0 bridgehead atoms. The number of nitrogens with zero attached hydrogens (tertiary/aromatic N) is 1. The molecule has 0 atom stereocenters. The van der Waals surface area contributed by atoms with E-state index >= 15 is 0 Å². The van der Waals surface area contributed by atoms with Crippen LogP contribution in [0, 0.1) is 0 Å². The maximum atomic E-state index is 12.3. The SMILES string of the molecule is O=C(CS(=O)(=O)c1ccc(Cl)cc1)Nc1nc(-c2ccc(Cl)cc2)cs1. The van der Waals surface area contributed by atoms with Crippen LogP contribution in [0.15, 0.2) is 58.8 Å². The molecule has 2 aromatic carbocycles. The van der Waals surface area contributed by atoms with Crippen LogP contribution in [-0.4, -0.2) is 25.1 Å². The van der Waals surface area contributed by atoms with E-state index in [0.717, 1.165) is 5.56 Å². The average molecular weight is 427 g/mol. The lowest BCUT2D eigenvalue weighted by molar-refractivity contribution is -0.113. The number of sulfone groups is 1. The minimum Gasteiger partial charge on any atom is -0.301 e. The quantitative estimate of drug-likeness (QED) is 0.649. The van der Waals surface area contributed by atoms with E-state index in [1.807, 2.05) is 12.1 Å². The molecule has 134 valence electrons. The predicted molar refractivity (Wildman–Crippen MR) is 105 cm³/mol. The fraction of sp³-hybridized carbons (Fsp3) is 0.0588. The molecule has 0 aliphatic rings. The first-order valence-electron chi connectivity index (χ1n) is 7.33. The molecule has 3 rings (SSSR count). The summed E-state index contributed by atoms with van der Waals surface area (Å²) in [6, 6.07) is 12.8. The summed E-state index contributed by atoms with van der Waals surface area (Å²) < 4.78 is 24.5. The van der Waals surface area contributed by atoms with E-state index in [-0.39, 0.29) is 4.90 Å². The van der Waals surface area contributed by atoms with Crippen LogP contribution in [-0.2, 0) is 14.6 Å². The van der Waals surface area contributed by atoms with Gasteiger partial charge in [0.2, 0.25) is 5.91 Å². The number of hydrogen-bond acceptors (Lipinski definition) is 5. The summed E-state index contributed by atoms with van der Waals surface area (Å²) in [6.45, 7) is 0. The summed E-state index contributed by atoms with van der Waals surface area (Å²) in [4.78, 5) is 16.4. The number of rotatable bonds is 5. The number of halogens is 2. The van der Waals surface area contributed by atoms with Crippen molar-refractivity contribution in [1.29, 1.82) is 0 Å². The van der Waals surface area contributed by atoms with Crippen LogP contribution < -0.4 is 5.32 Å². The largest absolute Gasteiger partial charge is 0.301 e. The van der Waals surface area contributed by atoms with E-state index in [0.29, 0.717) is 20.9 Å². The Kier molecular flexibility index (Phi) is 5.62. The summed E-state index contributed by atoms with van der Waals surface area (Å²) in [5.41, 5.74) is 1.52. The standard InChI is InChI=1S/C17H12Cl2N2O3S2/c18-12-3-1-11(2-4-12)15-9-25-17(20-15)21-16(22)10-26(23,24)14-7-5-13(19)6-8-14/h1-9H,10H2,(H,20,21,22). The number of carbonyl (C=O) groups excluding carboxylic acids is 1. The first-order valence-corrected chi connectivity index (χ1v) is 10.6. The predicted octanol–water partition coefficient (Wildman–Crippen LogP) is 4.53. The highest BCUT2D eigenvalue weighted by Crippen LogP contribution is 2.26. The molecular weight excluding hydrogens is 415 g/mol. The van der Waals surface area contributed by atoms with Crippen LogP contribution in [0.2, 0.25) is 10.0 Å². The molecule has 5 nitrogen and oxygen atoms in total. The van der Waals surface area contributed by atoms with Gasteiger partial charge in [-0.05, 0) is 36.4 Å². The minimum atomic E-state index is -3.75. The molecule has 0 aliphatic carbocycles. The Hall–Kier alpha value is -1.93. The van der Waals surface area contributed by atoms with Crippen molar-refractivity contribution in [3.63, 3.8) is 0 Å². The fourth-order valence-corrected chi connectivity index (χ4v) is 4.26. The summed E-state index contributed by atoms with van der Waals surface area (Å²) in [5.74, 6) is -1.33. The Morgan fingerprint density at radius 3 is 2.19 bits per heavy atom. The van der Waals surface area contributed by atoms with Crippen molar-refractivity contribution < 1.29 is 13.2 Å². The lowest BCUT2D eigenvalue weighted by atomic mass is 10.2. The van der Waals surface area contributed by atoms with Crippen LogP contribution in [0.5, 0.6) is 0 Å². The highest BCUT2D eigenvalue weighted by molar-refractivity contribution is 7.92. The molecule has 1 N–H and O–H groups in total. The molecule has 26 heavy (non-hydrogen) atoms. The molecule has 1 aromatic heterocycles. The highest BCUT2D eigenvalue weighted by atomic mass is 35.5. The molecule has 1 heterocycles. The monoisotopic (exact) mass is 426 g/mol. The van der Waals surface area contributed by atoms with E-state index < -0.39 is 21.5 Å². The molecule has 0 aliphatic heterocycles. The molecule has 0 fully saturated rings. The molecule has 0 unspecified atom stereocenters. The van der Waals surface area contributed by atoms with Crippen molar-refractivity contribution in [2.75, 3.05) is 11.1 Å². The third kappa shape index (κ3) is 4.62. The molecular formula is C17H12Cl2N2O3S2. The number of thiazole rings is 1. The van der Waals surface area contributed by atoms with Crippen LogP contribution >= 0.6 is 34.5 Å². The number of hydrogen-bond donors (Lipinski definition) is 1. The van der Waals surface area contributed by atoms with Gasteiger partial charge in [-0.3, -0.25) is 4.79 Å². The Morgan fingerprint density at radius 1 is 1.00 bits per heavy atom. The van der Waals surface area contributed by atoms with Gasteiger partial charge in [-0.15, -0.1) is 11.3 Å². The van der Waals surface area contributed by atoms with Gasteiger partial charge in [-0.1, -0.05) is 35.3 Å². The van der Waals surface area contributed by atoms with E-state index in [9.17, 15) is 13.2 Å². The number of nitrogens with one attached hydrogen (secondary N) is 1. The Balaban J connectivity index is 1.68. The van der Waals surface area contributed by atoms with Gasteiger partial charge in [0.15, 0.2) is 15.0 Å². The van der Waals surface area contributed by atoms with Crippen molar-refractivity contribution in [2.45, 2.75) is 4.90 Å². The molecule has 1 amide bonds. The molecule has 0 radical (unpaired) electrons. The van der Waals surface area contributed by atoms with Gasteiger partial charge < -0.3 is 5.32 Å². The number of benzene rings is 2. The zero-order chi connectivity index (χ0) is 18.7. The maximum Gasteiger partial charge on any atom is 0.241 e. The molecule has 9 heteroatoms. The van der Waals surface area contributed by atoms with Crippen LogP contribution in [0.4, 0.5) is 5.13 Å². The van der Waals surface area contributed by atoms with Gasteiger partial charge in [0, 0.05) is 21.0 Å². The summed E-state index contributed by atoms with van der Waals surface area (Å²) in [5, 5.41) is 5.65. The van der Waals surface area contributed by atoms with Gasteiger partial charge >= 0.3 is 0 Å². The van der Waals surface area contributed by atoms with Crippen molar-refractivity contribution in [3.05, 3.63) is 64.0 Å². The molecule has 0 spiro atoms. The Morgan fingerprint density at radius 2 is 1.58 bits per heavy atom. The topological polar surface area (TPSA) is 76.1 Å². The second kappa shape index (κ2) is 7.75. The van der Waals surface area contributed by atoms with Gasteiger partial charge in [-0.2, -0.15) is 0 Å². The maximum absolute atomic E-state index is 12.3. The third-order valence-electron chi connectivity index (χ3n) is 3.38. The first-order chi connectivity index (χ1) is 12.3. The second-order valence-electron chi connectivity index (χ2n) is 5.31. The molecule has 0 saturated heterocycles. The highest BCUT2D eigenvalue weighted by Gasteiger charge is 2.20. The molecule has 3 aromatic rings.